The molecule has 2 aromatic rings. The molecule has 0 radical (unpaired) electrons. The van der Waals surface area contributed by atoms with E-state index < -0.39 is 15.3 Å². The van der Waals surface area contributed by atoms with Crippen molar-refractivity contribution >= 4 is 45.0 Å². The van der Waals surface area contributed by atoms with Gasteiger partial charge in [0.2, 0.25) is 21.8 Å². The predicted molar refractivity (Wildman–Crippen MR) is 101 cm³/mol. The Kier molecular flexibility index (Phi) is 5.30. The zero-order valence-corrected chi connectivity index (χ0v) is 15.5. The third kappa shape index (κ3) is 4.06. The molecular weight excluding hydrogens is 374 g/mol. The fourth-order valence-corrected chi connectivity index (χ4v) is 4.28. The molecule has 3 rings (SSSR count). The molecule has 0 unspecified atom stereocenters. The summed E-state index contributed by atoms with van der Waals surface area (Å²) in [4.78, 5) is 25.4. The Labute approximate surface area is 155 Å². The third-order valence-electron chi connectivity index (χ3n) is 3.79. The molecule has 1 aliphatic heterocycles. The van der Waals surface area contributed by atoms with Crippen molar-refractivity contribution in [3.63, 3.8) is 0 Å². The van der Waals surface area contributed by atoms with E-state index in [1.54, 1.807) is 0 Å². The zero-order chi connectivity index (χ0) is 18.7. The van der Waals surface area contributed by atoms with Gasteiger partial charge in [0.25, 0.3) is 0 Å². The van der Waals surface area contributed by atoms with E-state index in [2.05, 4.69) is 15.4 Å². The molecule has 0 spiro atoms. The normalized spacial score (nSPS) is 16.5. The van der Waals surface area contributed by atoms with Gasteiger partial charge >= 0.3 is 0 Å². The van der Waals surface area contributed by atoms with Gasteiger partial charge in [0, 0.05) is 17.0 Å². The number of anilines is 2. The standard InChI is InChI=1S/C17H17N3O4S2/c1-18-26(23,24)12-8-6-11(7-9-12)19-16(21)10-15-17(22)20-13-4-2-3-5-14(13)25-15/h2-9,15,18H,10H2,1H3,(H,19,21)(H,20,22)/t15-/m1/s1. The average molecular weight is 391 g/mol. The minimum absolute atomic E-state index is 0.0153. The van der Waals surface area contributed by atoms with Crippen LogP contribution in [0.25, 0.3) is 0 Å². The summed E-state index contributed by atoms with van der Waals surface area (Å²) in [6.07, 6.45) is 0.0153. The Bertz CT molecular complexity index is 943. The molecule has 3 N–H and O–H groups in total. The van der Waals surface area contributed by atoms with E-state index in [-0.39, 0.29) is 23.1 Å². The van der Waals surface area contributed by atoms with Crippen LogP contribution in [0.15, 0.2) is 58.3 Å². The Morgan fingerprint density at radius 3 is 2.54 bits per heavy atom. The summed E-state index contributed by atoms with van der Waals surface area (Å²) in [6, 6.07) is 13.2. The average Bonchev–Trinajstić information content (AvgIpc) is 2.63. The smallest absolute Gasteiger partial charge is 0.240 e. The second-order valence-corrected chi connectivity index (χ2v) is 8.71. The van der Waals surface area contributed by atoms with Gasteiger partial charge in [-0.25, -0.2) is 13.1 Å². The summed E-state index contributed by atoms with van der Waals surface area (Å²) in [5.41, 5.74) is 1.21. The second-order valence-electron chi connectivity index (χ2n) is 5.58. The quantitative estimate of drug-likeness (QED) is 0.723. The first-order chi connectivity index (χ1) is 12.4. The van der Waals surface area contributed by atoms with Gasteiger partial charge in [0.05, 0.1) is 15.8 Å². The van der Waals surface area contributed by atoms with Crippen LogP contribution in [0.4, 0.5) is 11.4 Å². The van der Waals surface area contributed by atoms with Gasteiger partial charge in [-0.05, 0) is 43.4 Å². The SMILES string of the molecule is CNS(=O)(=O)c1ccc(NC(=O)C[C@H]2Sc3ccccc3NC2=O)cc1. The molecule has 1 heterocycles. The highest BCUT2D eigenvalue weighted by Gasteiger charge is 2.28. The predicted octanol–water partition coefficient (Wildman–Crippen LogP) is 2.04. The van der Waals surface area contributed by atoms with Gasteiger partial charge in [0.15, 0.2) is 0 Å². The molecule has 2 amide bonds. The number of fused-ring (bicyclic) bond motifs is 1. The third-order valence-corrected chi connectivity index (χ3v) is 6.50. The number of sulfonamides is 1. The first kappa shape index (κ1) is 18.4. The number of para-hydroxylation sites is 1. The van der Waals surface area contributed by atoms with Crippen molar-refractivity contribution in [2.45, 2.75) is 21.5 Å². The fourth-order valence-electron chi connectivity index (χ4n) is 2.44. The van der Waals surface area contributed by atoms with E-state index >= 15 is 0 Å². The van der Waals surface area contributed by atoms with E-state index in [1.165, 1.54) is 43.1 Å². The Hall–Kier alpha value is -2.36. The summed E-state index contributed by atoms with van der Waals surface area (Å²) < 4.78 is 25.6. The van der Waals surface area contributed by atoms with Crippen LogP contribution in [0.1, 0.15) is 6.42 Å². The van der Waals surface area contributed by atoms with Gasteiger partial charge in [-0.1, -0.05) is 12.1 Å². The number of thioether (sulfide) groups is 1. The van der Waals surface area contributed by atoms with Crippen LogP contribution in [0, 0.1) is 0 Å². The number of hydrogen-bond donors (Lipinski definition) is 3. The highest BCUT2D eigenvalue weighted by Crippen LogP contribution is 2.36. The van der Waals surface area contributed by atoms with Crippen LogP contribution >= 0.6 is 11.8 Å². The summed E-state index contributed by atoms with van der Waals surface area (Å²) in [5, 5.41) is 4.96. The van der Waals surface area contributed by atoms with Gasteiger partial charge < -0.3 is 10.6 Å². The first-order valence-corrected chi connectivity index (χ1v) is 10.2. The molecule has 0 aliphatic carbocycles. The van der Waals surface area contributed by atoms with E-state index in [0.29, 0.717) is 5.69 Å². The maximum Gasteiger partial charge on any atom is 0.240 e. The largest absolute Gasteiger partial charge is 0.326 e. The highest BCUT2D eigenvalue weighted by molar-refractivity contribution is 8.01. The molecule has 0 aromatic heterocycles. The molecule has 1 atom stereocenters. The lowest BCUT2D eigenvalue weighted by Crippen LogP contribution is -2.32. The maximum absolute atomic E-state index is 12.2. The van der Waals surface area contributed by atoms with Crippen molar-refractivity contribution in [2.75, 3.05) is 17.7 Å². The fraction of sp³-hybridized carbons (Fsp3) is 0.176. The number of carbonyl (C=O) groups excluding carboxylic acids is 2. The van der Waals surface area contributed by atoms with E-state index in [9.17, 15) is 18.0 Å². The zero-order valence-electron chi connectivity index (χ0n) is 13.9. The minimum atomic E-state index is -3.52. The van der Waals surface area contributed by atoms with Crippen molar-refractivity contribution < 1.29 is 18.0 Å². The van der Waals surface area contributed by atoms with Gasteiger partial charge in [0.1, 0.15) is 0 Å². The maximum atomic E-state index is 12.2. The monoisotopic (exact) mass is 391 g/mol. The summed E-state index contributed by atoms with van der Waals surface area (Å²) in [7, 11) is -2.19. The number of rotatable bonds is 5. The highest BCUT2D eigenvalue weighted by atomic mass is 32.2. The molecule has 7 nitrogen and oxygen atoms in total. The van der Waals surface area contributed by atoms with Crippen LogP contribution in [-0.2, 0) is 19.6 Å². The van der Waals surface area contributed by atoms with Crippen molar-refractivity contribution in [2.24, 2.45) is 0 Å². The summed E-state index contributed by atoms with van der Waals surface area (Å²) in [6.45, 7) is 0. The van der Waals surface area contributed by atoms with E-state index in [1.807, 2.05) is 24.3 Å². The van der Waals surface area contributed by atoms with Crippen molar-refractivity contribution in [1.82, 2.24) is 4.72 Å². The molecule has 9 heteroatoms. The van der Waals surface area contributed by atoms with E-state index in [4.69, 9.17) is 0 Å². The lowest BCUT2D eigenvalue weighted by Gasteiger charge is -2.23. The number of benzene rings is 2. The first-order valence-electron chi connectivity index (χ1n) is 7.79. The van der Waals surface area contributed by atoms with Gasteiger partial charge in [-0.15, -0.1) is 11.8 Å². The van der Waals surface area contributed by atoms with Crippen molar-refractivity contribution in [3.8, 4) is 0 Å². The lowest BCUT2D eigenvalue weighted by atomic mass is 10.2. The molecule has 2 aromatic carbocycles. The number of carbonyl (C=O) groups is 2. The molecule has 0 fully saturated rings. The molecule has 136 valence electrons. The lowest BCUT2D eigenvalue weighted by molar-refractivity contribution is -0.120. The summed E-state index contributed by atoms with van der Waals surface area (Å²) >= 11 is 1.35. The topological polar surface area (TPSA) is 104 Å². The second kappa shape index (κ2) is 7.48. The van der Waals surface area contributed by atoms with Crippen LogP contribution in [-0.4, -0.2) is 32.5 Å². The van der Waals surface area contributed by atoms with Crippen LogP contribution in [0.5, 0.6) is 0 Å². The molecule has 26 heavy (non-hydrogen) atoms. The molecular formula is C17H17N3O4S2. The minimum Gasteiger partial charge on any atom is -0.326 e. The molecule has 0 saturated heterocycles. The van der Waals surface area contributed by atoms with Crippen LogP contribution in [0.3, 0.4) is 0 Å². The van der Waals surface area contributed by atoms with Crippen molar-refractivity contribution in [1.29, 1.82) is 0 Å². The van der Waals surface area contributed by atoms with Crippen LogP contribution in [0.2, 0.25) is 0 Å². The number of hydrogen-bond acceptors (Lipinski definition) is 5. The van der Waals surface area contributed by atoms with Gasteiger partial charge in [-0.3, -0.25) is 9.59 Å². The van der Waals surface area contributed by atoms with E-state index in [0.717, 1.165) is 10.6 Å². The Morgan fingerprint density at radius 1 is 1.15 bits per heavy atom. The Morgan fingerprint density at radius 2 is 1.85 bits per heavy atom. The molecule has 1 aliphatic rings. The number of amides is 2. The Balaban J connectivity index is 1.63. The van der Waals surface area contributed by atoms with Crippen LogP contribution < -0.4 is 15.4 Å². The van der Waals surface area contributed by atoms with Crippen molar-refractivity contribution in [3.05, 3.63) is 48.5 Å². The summed E-state index contributed by atoms with van der Waals surface area (Å²) in [5.74, 6) is -0.527. The molecule has 0 saturated carbocycles. The molecule has 0 bridgehead atoms. The number of nitrogens with one attached hydrogen (secondary N) is 3. The van der Waals surface area contributed by atoms with Gasteiger partial charge in [-0.2, -0.15) is 0 Å².